The first kappa shape index (κ1) is 11.9. The van der Waals surface area contributed by atoms with Gasteiger partial charge in [-0.05, 0) is 13.0 Å². The summed E-state index contributed by atoms with van der Waals surface area (Å²) in [5, 5.41) is 4.06. The molecular weight excluding hydrogens is 234 g/mol. The fraction of sp³-hybridized carbons (Fsp3) is 0.182. The minimum Gasteiger partial charge on any atom is -0.491 e. The molecule has 0 aromatic carbocycles. The van der Waals surface area contributed by atoms with Crippen molar-refractivity contribution in [2.24, 2.45) is 5.73 Å². The van der Waals surface area contributed by atoms with Crippen molar-refractivity contribution in [1.29, 1.82) is 0 Å². The number of carbonyl (C=O) groups excluding carboxylic acids is 1. The molecule has 0 aliphatic carbocycles. The van der Waals surface area contributed by atoms with E-state index in [-0.39, 0.29) is 5.56 Å². The van der Waals surface area contributed by atoms with Crippen molar-refractivity contribution < 1.29 is 9.53 Å². The smallest absolute Gasteiger partial charge is 0.252 e. The number of hydrogen-bond donors (Lipinski definition) is 2. The van der Waals surface area contributed by atoms with Crippen LogP contribution in [-0.4, -0.2) is 27.3 Å². The first-order valence-corrected chi connectivity index (χ1v) is 5.35. The topological polar surface area (TPSA) is 109 Å². The van der Waals surface area contributed by atoms with Crippen LogP contribution in [-0.2, 0) is 0 Å². The Morgan fingerprint density at radius 3 is 2.94 bits per heavy atom. The van der Waals surface area contributed by atoms with Crippen LogP contribution in [0.3, 0.4) is 0 Å². The molecule has 0 fully saturated rings. The summed E-state index contributed by atoms with van der Waals surface area (Å²) in [4.78, 5) is 15.4. The van der Waals surface area contributed by atoms with Crippen molar-refractivity contribution in [2.75, 3.05) is 12.3 Å². The summed E-state index contributed by atoms with van der Waals surface area (Å²) in [6.45, 7) is 2.40. The molecule has 94 valence electrons. The highest BCUT2D eigenvalue weighted by Crippen LogP contribution is 2.17. The predicted octanol–water partition coefficient (Wildman–Crippen LogP) is 0.347. The van der Waals surface area contributed by atoms with Gasteiger partial charge < -0.3 is 16.2 Å². The van der Waals surface area contributed by atoms with Crippen molar-refractivity contribution >= 4 is 11.6 Å². The van der Waals surface area contributed by atoms with E-state index >= 15 is 0 Å². The Bertz CT molecular complexity index is 579. The normalized spacial score (nSPS) is 10.3. The molecular formula is C11H13N5O2. The minimum absolute atomic E-state index is 0.209. The van der Waals surface area contributed by atoms with Crippen LogP contribution in [0, 0.1) is 0 Å². The average Bonchev–Trinajstić information content (AvgIpc) is 2.78. The Kier molecular flexibility index (Phi) is 3.13. The lowest BCUT2D eigenvalue weighted by Gasteiger charge is -2.06. The Morgan fingerprint density at radius 1 is 1.50 bits per heavy atom. The number of amides is 1. The molecule has 7 heteroatoms. The first-order valence-electron chi connectivity index (χ1n) is 5.35. The second-order valence-corrected chi connectivity index (χ2v) is 3.56. The van der Waals surface area contributed by atoms with Gasteiger partial charge in [0.05, 0.1) is 36.4 Å². The number of ether oxygens (including phenoxy) is 1. The van der Waals surface area contributed by atoms with Gasteiger partial charge in [-0.3, -0.25) is 4.79 Å². The number of nitrogen functional groups attached to an aromatic ring is 1. The quantitative estimate of drug-likeness (QED) is 0.810. The average molecular weight is 247 g/mol. The SMILES string of the molecule is CCOc1cnn(-c2ncc(N)cc2C(N)=O)c1. The van der Waals surface area contributed by atoms with Gasteiger partial charge in [0.1, 0.15) is 0 Å². The molecule has 0 bridgehead atoms. The third-order valence-electron chi connectivity index (χ3n) is 2.24. The van der Waals surface area contributed by atoms with Gasteiger partial charge in [-0.25, -0.2) is 9.67 Å². The number of rotatable bonds is 4. The zero-order valence-corrected chi connectivity index (χ0v) is 9.83. The van der Waals surface area contributed by atoms with Crippen LogP contribution in [0.2, 0.25) is 0 Å². The number of pyridine rings is 1. The number of nitrogens with zero attached hydrogens (tertiary/aromatic N) is 3. The molecule has 2 heterocycles. The lowest BCUT2D eigenvalue weighted by Crippen LogP contribution is -2.16. The van der Waals surface area contributed by atoms with Crippen molar-refractivity contribution in [1.82, 2.24) is 14.8 Å². The number of primary amides is 1. The Balaban J connectivity index is 2.45. The van der Waals surface area contributed by atoms with Crippen LogP contribution in [0.5, 0.6) is 5.75 Å². The highest BCUT2D eigenvalue weighted by Gasteiger charge is 2.13. The highest BCUT2D eigenvalue weighted by atomic mass is 16.5. The maximum absolute atomic E-state index is 11.3. The molecule has 4 N–H and O–H groups in total. The largest absolute Gasteiger partial charge is 0.491 e. The van der Waals surface area contributed by atoms with E-state index in [0.29, 0.717) is 23.9 Å². The summed E-state index contributed by atoms with van der Waals surface area (Å²) in [5.41, 5.74) is 11.4. The summed E-state index contributed by atoms with van der Waals surface area (Å²) in [7, 11) is 0. The van der Waals surface area contributed by atoms with E-state index in [4.69, 9.17) is 16.2 Å². The van der Waals surface area contributed by atoms with Gasteiger partial charge >= 0.3 is 0 Å². The molecule has 0 aliphatic heterocycles. The molecule has 2 aromatic heterocycles. The maximum Gasteiger partial charge on any atom is 0.252 e. The van der Waals surface area contributed by atoms with Crippen molar-refractivity contribution in [3.8, 4) is 11.6 Å². The third kappa shape index (κ3) is 2.24. The van der Waals surface area contributed by atoms with E-state index in [2.05, 4.69) is 10.1 Å². The van der Waals surface area contributed by atoms with Gasteiger partial charge in [0.2, 0.25) is 0 Å². The van der Waals surface area contributed by atoms with Gasteiger partial charge in [-0.15, -0.1) is 0 Å². The minimum atomic E-state index is -0.613. The van der Waals surface area contributed by atoms with Crippen LogP contribution in [0.1, 0.15) is 17.3 Å². The molecule has 0 aliphatic rings. The summed E-state index contributed by atoms with van der Waals surface area (Å²) >= 11 is 0. The molecule has 0 radical (unpaired) electrons. The van der Waals surface area contributed by atoms with E-state index in [1.807, 2.05) is 6.92 Å². The zero-order valence-electron chi connectivity index (χ0n) is 9.83. The molecule has 0 saturated heterocycles. The Labute approximate surface area is 103 Å². The standard InChI is InChI=1S/C11H13N5O2/c1-2-18-8-5-15-16(6-8)11-9(10(13)17)3-7(12)4-14-11/h3-6H,2,12H2,1H3,(H2,13,17). The summed E-state index contributed by atoms with van der Waals surface area (Å²) in [6.07, 6.45) is 4.59. The molecule has 2 rings (SSSR count). The van der Waals surface area contributed by atoms with Crippen LogP contribution in [0.4, 0.5) is 5.69 Å². The summed E-state index contributed by atoms with van der Waals surface area (Å²) < 4.78 is 6.70. The zero-order chi connectivity index (χ0) is 13.1. The van der Waals surface area contributed by atoms with E-state index in [0.717, 1.165) is 0 Å². The van der Waals surface area contributed by atoms with Crippen molar-refractivity contribution in [3.63, 3.8) is 0 Å². The van der Waals surface area contributed by atoms with Gasteiger partial charge in [-0.2, -0.15) is 5.10 Å². The van der Waals surface area contributed by atoms with E-state index in [1.165, 1.54) is 23.1 Å². The number of anilines is 1. The first-order chi connectivity index (χ1) is 8.61. The van der Waals surface area contributed by atoms with E-state index in [9.17, 15) is 4.79 Å². The molecule has 0 atom stereocenters. The Morgan fingerprint density at radius 2 is 2.28 bits per heavy atom. The van der Waals surface area contributed by atoms with Gasteiger partial charge in [-0.1, -0.05) is 0 Å². The molecule has 0 spiro atoms. The van der Waals surface area contributed by atoms with Crippen LogP contribution < -0.4 is 16.2 Å². The number of nitrogens with two attached hydrogens (primary N) is 2. The van der Waals surface area contributed by atoms with E-state index < -0.39 is 5.91 Å². The molecule has 0 unspecified atom stereocenters. The van der Waals surface area contributed by atoms with Crippen molar-refractivity contribution in [3.05, 3.63) is 30.2 Å². The number of aromatic nitrogens is 3. The molecule has 18 heavy (non-hydrogen) atoms. The Hall–Kier alpha value is -2.57. The van der Waals surface area contributed by atoms with Crippen LogP contribution in [0.15, 0.2) is 24.7 Å². The fourth-order valence-corrected chi connectivity index (χ4v) is 1.50. The lowest BCUT2D eigenvalue weighted by molar-refractivity contribution is 0.1000. The lowest BCUT2D eigenvalue weighted by atomic mass is 10.2. The monoisotopic (exact) mass is 247 g/mol. The second-order valence-electron chi connectivity index (χ2n) is 3.56. The second kappa shape index (κ2) is 4.74. The molecule has 1 amide bonds. The van der Waals surface area contributed by atoms with Gasteiger partial charge in [0.25, 0.3) is 5.91 Å². The number of hydrogen-bond acceptors (Lipinski definition) is 5. The van der Waals surface area contributed by atoms with Gasteiger partial charge in [0.15, 0.2) is 11.6 Å². The molecule has 2 aromatic rings. The fourth-order valence-electron chi connectivity index (χ4n) is 1.50. The van der Waals surface area contributed by atoms with Crippen LogP contribution in [0.25, 0.3) is 5.82 Å². The van der Waals surface area contributed by atoms with Gasteiger partial charge in [0, 0.05) is 0 Å². The highest BCUT2D eigenvalue weighted by molar-refractivity contribution is 5.96. The van der Waals surface area contributed by atoms with Crippen LogP contribution >= 0.6 is 0 Å². The third-order valence-corrected chi connectivity index (χ3v) is 2.24. The summed E-state index contributed by atoms with van der Waals surface area (Å²) in [5.74, 6) is 0.299. The van der Waals surface area contributed by atoms with E-state index in [1.54, 1.807) is 6.20 Å². The van der Waals surface area contributed by atoms with Crippen molar-refractivity contribution in [2.45, 2.75) is 6.92 Å². The number of carbonyl (C=O) groups is 1. The predicted molar refractivity (Wildman–Crippen MR) is 65.5 cm³/mol. The maximum atomic E-state index is 11.3. The molecule has 0 saturated carbocycles. The molecule has 7 nitrogen and oxygen atoms in total. The summed E-state index contributed by atoms with van der Waals surface area (Å²) in [6, 6.07) is 1.46.